The SMILES string of the molecule is CCCCCCCC/C=C/CCCCCCCC(=O)OC[C@H]1O[C@@H](n2cc(F)c(N)nc2=O)[C@H](F)[C@@H]1OC(=O)CCCCCCC/C=C/CCCCCCCC. The van der Waals surface area contributed by atoms with Crippen molar-refractivity contribution in [2.75, 3.05) is 12.3 Å². The van der Waals surface area contributed by atoms with Gasteiger partial charge in [0.25, 0.3) is 0 Å². The lowest BCUT2D eigenvalue weighted by Crippen LogP contribution is -2.38. The molecule has 1 aliphatic rings. The molecular formula is C45H75F2N3O6. The van der Waals surface area contributed by atoms with Gasteiger partial charge in [-0.3, -0.25) is 14.2 Å². The van der Waals surface area contributed by atoms with Gasteiger partial charge < -0.3 is 19.9 Å². The number of allylic oxidation sites excluding steroid dienone is 4. The largest absolute Gasteiger partial charge is 0.463 e. The molecule has 4 atom stereocenters. The van der Waals surface area contributed by atoms with E-state index in [4.69, 9.17) is 19.9 Å². The van der Waals surface area contributed by atoms with Crippen molar-refractivity contribution >= 4 is 17.8 Å². The van der Waals surface area contributed by atoms with E-state index in [0.29, 0.717) is 23.6 Å². The summed E-state index contributed by atoms with van der Waals surface area (Å²) in [6.45, 7) is 4.09. The van der Waals surface area contributed by atoms with Crippen LogP contribution in [-0.2, 0) is 23.8 Å². The number of rotatable bonds is 34. The van der Waals surface area contributed by atoms with Gasteiger partial charge in [-0.05, 0) is 64.2 Å². The van der Waals surface area contributed by atoms with Crippen LogP contribution in [0.4, 0.5) is 14.6 Å². The molecule has 2 N–H and O–H groups in total. The molecule has 0 amide bonds. The van der Waals surface area contributed by atoms with Gasteiger partial charge in [0, 0.05) is 12.8 Å². The van der Waals surface area contributed by atoms with Crippen LogP contribution in [-0.4, -0.2) is 46.5 Å². The summed E-state index contributed by atoms with van der Waals surface area (Å²) in [4.78, 5) is 41.3. The number of ether oxygens (including phenoxy) is 3. The van der Waals surface area contributed by atoms with Gasteiger partial charge in [0.15, 0.2) is 30.1 Å². The number of aromatic nitrogens is 2. The lowest BCUT2D eigenvalue weighted by molar-refractivity contribution is -0.159. The molecule has 320 valence electrons. The van der Waals surface area contributed by atoms with Gasteiger partial charge in [-0.25, -0.2) is 13.6 Å². The maximum absolute atomic E-state index is 15.8. The summed E-state index contributed by atoms with van der Waals surface area (Å²) in [6, 6.07) is 0. The first-order valence-electron chi connectivity index (χ1n) is 22.3. The van der Waals surface area contributed by atoms with Crippen LogP contribution in [0.3, 0.4) is 0 Å². The molecule has 0 bridgehead atoms. The molecular weight excluding hydrogens is 717 g/mol. The van der Waals surface area contributed by atoms with E-state index in [-0.39, 0.29) is 19.4 Å². The number of nitrogens with two attached hydrogens (primary N) is 1. The van der Waals surface area contributed by atoms with E-state index in [1.165, 1.54) is 77.0 Å². The van der Waals surface area contributed by atoms with Crippen molar-refractivity contribution in [1.29, 1.82) is 0 Å². The van der Waals surface area contributed by atoms with Crippen molar-refractivity contribution < 1.29 is 32.6 Å². The van der Waals surface area contributed by atoms with Gasteiger partial charge in [-0.1, -0.05) is 141 Å². The summed E-state index contributed by atoms with van der Waals surface area (Å²) in [5.74, 6) is -2.73. The Kier molecular flexibility index (Phi) is 28.0. The van der Waals surface area contributed by atoms with Crippen molar-refractivity contribution in [2.45, 2.75) is 218 Å². The van der Waals surface area contributed by atoms with Crippen molar-refractivity contribution in [3.8, 4) is 0 Å². The third kappa shape index (κ3) is 22.0. The average Bonchev–Trinajstić information content (AvgIpc) is 3.48. The summed E-state index contributed by atoms with van der Waals surface area (Å²) in [5, 5.41) is 0. The highest BCUT2D eigenvalue weighted by molar-refractivity contribution is 5.70. The number of carbonyl (C=O) groups excluding carboxylic acids is 2. The van der Waals surface area contributed by atoms with Gasteiger partial charge in [0.2, 0.25) is 0 Å². The smallest absolute Gasteiger partial charge is 0.351 e. The first-order valence-corrected chi connectivity index (χ1v) is 22.3. The minimum absolute atomic E-state index is 0.0893. The maximum atomic E-state index is 15.8. The average molecular weight is 792 g/mol. The minimum Gasteiger partial charge on any atom is -0.463 e. The Hall–Kier alpha value is -3.08. The second kappa shape index (κ2) is 31.9. The molecule has 0 unspecified atom stereocenters. The topological polar surface area (TPSA) is 123 Å². The summed E-state index contributed by atoms with van der Waals surface area (Å²) in [5.41, 5.74) is 4.39. The normalized spacial score (nSPS) is 18.4. The standard InChI is InChI=1S/C45H75F2N3O6/c1-3-5-7-9-11-13-15-17-19-21-23-25-27-29-31-33-39(51)54-36-38-42(41(47)44(55-38)50-35-37(46)43(48)49-45(50)53)56-40(52)34-32-30-28-26-24-22-20-18-16-14-12-10-8-6-4-2/h17-20,35,38,41-42,44H,3-16,21-34,36H2,1-2H3,(H2,48,49,53)/b19-17+,20-18+/t38-,41-,42-,44-/m1/s1. The lowest BCUT2D eigenvalue weighted by Gasteiger charge is -2.19. The van der Waals surface area contributed by atoms with Crippen molar-refractivity contribution in [1.82, 2.24) is 9.55 Å². The Labute approximate surface area is 336 Å². The number of carbonyl (C=O) groups is 2. The fourth-order valence-corrected chi connectivity index (χ4v) is 6.97. The van der Waals surface area contributed by atoms with Crippen molar-refractivity contribution in [2.24, 2.45) is 0 Å². The van der Waals surface area contributed by atoms with Crippen molar-refractivity contribution in [3.63, 3.8) is 0 Å². The second-order valence-electron chi connectivity index (χ2n) is 15.5. The summed E-state index contributed by atoms with van der Waals surface area (Å²) >= 11 is 0. The molecule has 2 heterocycles. The molecule has 1 saturated heterocycles. The zero-order chi connectivity index (χ0) is 40.6. The van der Waals surface area contributed by atoms with E-state index in [1.54, 1.807) is 0 Å². The first kappa shape index (κ1) is 49.1. The molecule has 1 aliphatic heterocycles. The number of hydrogen-bond acceptors (Lipinski definition) is 8. The van der Waals surface area contributed by atoms with Gasteiger partial charge in [-0.2, -0.15) is 4.98 Å². The quantitative estimate of drug-likeness (QED) is 0.0416. The Morgan fingerprint density at radius 3 is 1.62 bits per heavy atom. The Bertz CT molecular complexity index is 1300. The van der Waals surface area contributed by atoms with Crippen LogP contribution in [0.2, 0.25) is 0 Å². The number of halogens is 2. The Balaban J connectivity index is 1.70. The maximum Gasteiger partial charge on any atom is 0.351 e. The highest BCUT2D eigenvalue weighted by Gasteiger charge is 2.49. The molecule has 0 saturated carbocycles. The predicted octanol–water partition coefficient (Wildman–Crippen LogP) is 11.7. The monoisotopic (exact) mass is 792 g/mol. The molecule has 0 radical (unpaired) electrons. The van der Waals surface area contributed by atoms with Crippen molar-refractivity contribution in [3.05, 3.63) is 46.8 Å². The molecule has 2 rings (SSSR count). The molecule has 0 aromatic carbocycles. The van der Waals surface area contributed by atoms with E-state index < -0.39 is 53.9 Å². The van der Waals surface area contributed by atoms with Crippen LogP contribution >= 0.6 is 0 Å². The first-order chi connectivity index (χ1) is 27.3. The van der Waals surface area contributed by atoms with Gasteiger partial charge >= 0.3 is 17.6 Å². The summed E-state index contributed by atoms with van der Waals surface area (Å²) in [7, 11) is 0. The van der Waals surface area contributed by atoms with E-state index >= 15 is 4.39 Å². The molecule has 11 heteroatoms. The van der Waals surface area contributed by atoms with Crippen LogP contribution < -0.4 is 11.4 Å². The molecule has 56 heavy (non-hydrogen) atoms. The van der Waals surface area contributed by atoms with E-state index in [9.17, 15) is 18.8 Å². The number of esters is 2. The molecule has 1 fully saturated rings. The number of nitrogen functional groups attached to an aromatic ring is 1. The highest BCUT2D eigenvalue weighted by atomic mass is 19.1. The third-order valence-electron chi connectivity index (χ3n) is 10.4. The summed E-state index contributed by atoms with van der Waals surface area (Å²) in [6.07, 6.45) is 33.3. The zero-order valence-electron chi connectivity index (χ0n) is 34.9. The van der Waals surface area contributed by atoms with Gasteiger partial charge in [-0.15, -0.1) is 0 Å². The van der Waals surface area contributed by atoms with Crippen LogP contribution in [0.25, 0.3) is 0 Å². The number of hydrogen-bond donors (Lipinski definition) is 1. The van der Waals surface area contributed by atoms with E-state index in [0.717, 1.165) is 77.0 Å². The molecule has 1 aromatic rings. The fourth-order valence-electron chi connectivity index (χ4n) is 6.97. The predicted molar refractivity (Wildman–Crippen MR) is 221 cm³/mol. The van der Waals surface area contributed by atoms with Gasteiger partial charge in [0.05, 0.1) is 6.20 Å². The minimum atomic E-state index is -2.04. The Morgan fingerprint density at radius 1 is 0.714 bits per heavy atom. The highest BCUT2D eigenvalue weighted by Crippen LogP contribution is 2.34. The number of unbranched alkanes of at least 4 members (excludes halogenated alkanes) is 22. The van der Waals surface area contributed by atoms with Crippen LogP contribution in [0, 0.1) is 5.82 Å². The van der Waals surface area contributed by atoms with Crippen LogP contribution in [0.1, 0.15) is 200 Å². The fraction of sp³-hybridized carbons (Fsp3) is 0.778. The van der Waals surface area contributed by atoms with Crippen LogP contribution in [0.15, 0.2) is 35.3 Å². The molecule has 0 spiro atoms. The number of anilines is 1. The number of alkyl halides is 1. The number of nitrogens with zero attached hydrogens (tertiary/aromatic N) is 2. The lowest BCUT2D eigenvalue weighted by atomic mass is 10.1. The third-order valence-corrected chi connectivity index (χ3v) is 10.4. The van der Waals surface area contributed by atoms with Crippen LogP contribution in [0.5, 0.6) is 0 Å². The Morgan fingerprint density at radius 2 is 1.14 bits per heavy atom. The van der Waals surface area contributed by atoms with Gasteiger partial charge in [0.1, 0.15) is 12.7 Å². The molecule has 1 aromatic heterocycles. The summed E-state index contributed by atoms with van der Waals surface area (Å²) < 4.78 is 47.4. The molecule has 9 nitrogen and oxygen atoms in total. The molecule has 0 aliphatic carbocycles. The van der Waals surface area contributed by atoms with E-state index in [2.05, 4.69) is 43.1 Å². The van der Waals surface area contributed by atoms with E-state index in [1.807, 2.05) is 0 Å². The second-order valence-corrected chi connectivity index (χ2v) is 15.5. The zero-order valence-corrected chi connectivity index (χ0v) is 34.9.